The molecule has 1 aliphatic rings. The Morgan fingerprint density at radius 2 is 1.86 bits per heavy atom. The second kappa shape index (κ2) is 12.0. The third-order valence-corrected chi connectivity index (χ3v) is 5.92. The van der Waals surface area contributed by atoms with E-state index in [0.717, 1.165) is 0 Å². The molecule has 0 spiro atoms. The van der Waals surface area contributed by atoms with Gasteiger partial charge in [0.15, 0.2) is 0 Å². The van der Waals surface area contributed by atoms with Gasteiger partial charge in [0, 0.05) is 17.5 Å². The number of benzene rings is 1. The van der Waals surface area contributed by atoms with Crippen LogP contribution in [0.1, 0.15) is 57.3 Å². The van der Waals surface area contributed by atoms with Crippen molar-refractivity contribution in [3.63, 3.8) is 0 Å². The number of carbonyl (C=O) groups is 6. The predicted octanol–water partition coefficient (Wildman–Crippen LogP) is 1.59. The van der Waals surface area contributed by atoms with Crippen LogP contribution in [0, 0.1) is 5.41 Å². The smallest absolute Gasteiger partial charge is 0.305 e. The van der Waals surface area contributed by atoms with Crippen LogP contribution in [0.5, 0.6) is 0 Å². The Morgan fingerprint density at radius 1 is 1.19 bits per heavy atom. The Balaban J connectivity index is 2.03. The first-order valence-electron chi connectivity index (χ1n) is 11.4. The molecule has 1 aromatic carbocycles. The number of anilines is 1. The van der Waals surface area contributed by atoms with Gasteiger partial charge < -0.3 is 30.8 Å². The van der Waals surface area contributed by atoms with Crippen molar-refractivity contribution in [1.82, 2.24) is 15.5 Å². The van der Waals surface area contributed by atoms with Crippen LogP contribution < -0.4 is 16.0 Å². The molecule has 0 saturated carbocycles. The summed E-state index contributed by atoms with van der Waals surface area (Å²) in [5, 5.41) is 16.6. The van der Waals surface area contributed by atoms with E-state index >= 15 is 0 Å². The average Bonchev–Trinajstić information content (AvgIpc) is 3.28. The van der Waals surface area contributed by atoms with Crippen LogP contribution in [0.15, 0.2) is 18.2 Å². The molecule has 0 aromatic heterocycles. The van der Waals surface area contributed by atoms with Crippen molar-refractivity contribution < 1.29 is 33.9 Å². The van der Waals surface area contributed by atoms with Crippen molar-refractivity contribution in [3.05, 3.63) is 28.8 Å². The highest BCUT2D eigenvalue weighted by Gasteiger charge is 2.37. The van der Waals surface area contributed by atoms with Crippen LogP contribution in [0.4, 0.5) is 5.69 Å². The summed E-state index contributed by atoms with van der Waals surface area (Å²) < 4.78 is 0. The van der Waals surface area contributed by atoms with Gasteiger partial charge in [-0.15, -0.1) is 0 Å². The fraction of sp³-hybridized carbons (Fsp3) is 0.500. The van der Waals surface area contributed by atoms with E-state index < -0.39 is 53.7 Å². The Morgan fingerprint density at radius 3 is 2.42 bits per heavy atom. The fourth-order valence-corrected chi connectivity index (χ4v) is 3.79. The maximum absolute atomic E-state index is 13.0. The van der Waals surface area contributed by atoms with Crippen molar-refractivity contribution in [2.75, 3.05) is 11.9 Å². The molecule has 1 unspecified atom stereocenters. The molecule has 0 aliphatic carbocycles. The van der Waals surface area contributed by atoms with E-state index in [1.165, 1.54) is 30.0 Å². The van der Waals surface area contributed by atoms with Gasteiger partial charge in [-0.1, -0.05) is 32.4 Å². The highest BCUT2D eigenvalue weighted by molar-refractivity contribution is 6.34. The number of rotatable bonds is 9. The molecule has 196 valence electrons. The molecule has 1 aromatic rings. The summed E-state index contributed by atoms with van der Waals surface area (Å²) in [4.78, 5) is 73.7. The van der Waals surface area contributed by atoms with Gasteiger partial charge in [0.2, 0.25) is 17.7 Å². The lowest BCUT2D eigenvalue weighted by atomic mass is 9.95. The van der Waals surface area contributed by atoms with E-state index in [-0.39, 0.29) is 23.0 Å². The second-order valence-electron chi connectivity index (χ2n) is 9.63. The average molecular weight is 523 g/mol. The Kier molecular flexibility index (Phi) is 9.57. The topological polar surface area (TPSA) is 162 Å². The lowest BCUT2D eigenvalue weighted by molar-refractivity contribution is -0.141. The standard InChI is InChI=1S/C24H31ClN4O7/c1-13(22(35)29-9-5-6-18(29)21(34)27-15(12-30)11-19(31)32)26-20(33)14-7-8-17(16(25)10-14)28-23(36)24(2,3)4/h7-8,10,12-13,15,18H,5-6,9,11H2,1-4H3,(H,26,33)(H,27,34)(H,28,36)(H,31,32)/t13-,15-,18?/m0/s1. The maximum atomic E-state index is 13.0. The molecule has 12 heteroatoms. The van der Waals surface area contributed by atoms with Gasteiger partial charge in [-0.25, -0.2) is 0 Å². The van der Waals surface area contributed by atoms with Gasteiger partial charge in [-0.2, -0.15) is 0 Å². The van der Waals surface area contributed by atoms with Gasteiger partial charge in [0.1, 0.15) is 18.4 Å². The van der Waals surface area contributed by atoms with Crippen LogP contribution in [0.3, 0.4) is 0 Å². The molecule has 36 heavy (non-hydrogen) atoms. The van der Waals surface area contributed by atoms with Gasteiger partial charge in [-0.3, -0.25) is 24.0 Å². The Hall–Kier alpha value is -3.47. The zero-order chi connectivity index (χ0) is 27.2. The summed E-state index contributed by atoms with van der Waals surface area (Å²) in [5.41, 5.74) is -0.115. The normalized spacial score (nSPS) is 17.0. The summed E-state index contributed by atoms with van der Waals surface area (Å²) in [5.74, 6) is -3.19. The monoisotopic (exact) mass is 522 g/mol. The largest absolute Gasteiger partial charge is 0.481 e. The van der Waals surface area contributed by atoms with E-state index in [4.69, 9.17) is 16.7 Å². The van der Waals surface area contributed by atoms with Crippen LogP contribution in [0.25, 0.3) is 0 Å². The number of nitrogens with zero attached hydrogens (tertiary/aromatic N) is 1. The number of likely N-dealkylation sites (tertiary alicyclic amines) is 1. The number of hydrogen-bond donors (Lipinski definition) is 4. The van der Waals surface area contributed by atoms with Crippen molar-refractivity contribution >= 4 is 53.2 Å². The van der Waals surface area contributed by atoms with E-state index in [0.29, 0.717) is 24.8 Å². The summed E-state index contributed by atoms with van der Waals surface area (Å²) in [6.45, 7) is 7.01. The molecular weight excluding hydrogens is 492 g/mol. The van der Waals surface area contributed by atoms with Crippen LogP contribution in [-0.4, -0.2) is 70.6 Å². The number of carboxylic acids is 1. The summed E-state index contributed by atoms with van der Waals surface area (Å²) in [7, 11) is 0. The number of carboxylic acid groups (broad SMARTS) is 1. The summed E-state index contributed by atoms with van der Waals surface area (Å²) in [6.07, 6.45) is 0.644. The minimum Gasteiger partial charge on any atom is -0.481 e. The number of hydrogen-bond acceptors (Lipinski definition) is 6. The molecule has 11 nitrogen and oxygen atoms in total. The van der Waals surface area contributed by atoms with Crippen molar-refractivity contribution in [2.24, 2.45) is 5.41 Å². The third-order valence-electron chi connectivity index (χ3n) is 5.60. The maximum Gasteiger partial charge on any atom is 0.305 e. The zero-order valence-electron chi connectivity index (χ0n) is 20.6. The number of nitrogens with one attached hydrogen (secondary N) is 3. The van der Waals surface area contributed by atoms with Gasteiger partial charge in [-0.05, 0) is 38.0 Å². The highest BCUT2D eigenvalue weighted by Crippen LogP contribution is 2.26. The molecule has 0 bridgehead atoms. The minimum absolute atomic E-state index is 0.154. The molecule has 2 rings (SSSR count). The molecule has 3 atom stereocenters. The number of halogens is 1. The number of carbonyl (C=O) groups excluding carboxylic acids is 5. The molecule has 4 N–H and O–H groups in total. The first-order valence-corrected chi connectivity index (χ1v) is 11.8. The number of aliphatic carboxylic acids is 1. The van der Waals surface area contributed by atoms with Crippen molar-refractivity contribution in [1.29, 1.82) is 0 Å². The Labute approximate surface area is 213 Å². The van der Waals surface area contributed by atoms with Gasteiger partial charge in [0.25, 0.3) is 5.91 Å². The zero-order valence-corrected chi connectivity index (χ0v) is 21.3. The van der Waals surface area contributed by atoms with Crippen molar-refractivity contribution in [2.45, 2.75) is 65.1 Å². The van der Waals surface area contributed by atoms with Gasteiger partial charge >= 0.3 is 5.97 Å². The second-order valence-corrected chi connectivity index (χ2v) is 10.0. The first kappa shape index (κ1) is 28.8. The van der Waals surface area contributed by atoms with Crippen molar-refractivity contribution in [3.8, 4) is 0 Å². The molecule has 4 amide bonds. The van der Waals surface area contributed by atoms with E-state index in [2.05, 4.69) is 16.0 Å². The Bertz CT molecular complexity index is 1050. The molecule has 1 fully saturated rings. The SMILES string of the molecule is C[C@H](NC(=O)c1ccc(NC(=O)C(C)(C)C)c(Cl)c1)C(=O)N1CCCC1C(=O)N[C@H](C=O)CC(=O)O. The molecule has 0 radical (unpaired) electrons. The minimum atomic E-state index is -1.24. The van der Waals surface area contributed by atoms with E-state index in [1.807, 2.05) is 0 Å². The fourth-order valence-electron chi connectivity index (χ4n) is 3.56. The van der Waals surface area contributed by atoms with Gasteiger partial charge in [0.05, 0.1) is 23.2 Å². The quantitative estimate of drug-likeness (QED) is 0.358. The lowest BCUT2D eigenvalue weighted by Crippen LogP contribution is -2.54. The lowest BCUT2D eigenvalue weighted by Gasteiger charge is -2.28. The molecule has 1 heterocycles. The summed E-state index contributed by atoms with van der Waals surface area (Å²) >= 11 is 6.23. The van der Waals surface area contributed by atoms with Crippen LogP contribution >= 0.6 is 11.6 Å². The van der Waals surface area contributed by atoms with E-state index in [1.54, 1.807) is 20.8 Å². The molecular formula is C24H31ClN4O7. The number of amides is 4. The third kappa shape index (κ3) is 7.51. The van der Waals surface area contributed by atoms with Crippen LogP contribution in [0.2, 0.25) is 5.02 Å². The number of aldehydes is 1. The summed E-state index contributed by atoms with van der Waals surface area (Å²) in [6, 6.07) is 1.27. The first-order chi connectivity index (χ1) is 16.7. The predicted molar refractivity (Wildman–Crippen MR) is 131 cm³/mol. The highest BCUT2D eigenvalue weighted by atomic mass is 35.5. The van der Waals surface area contributed by atoms with Crippen LogP contribution in [-0.2, 0) is 24.0 Å². The molecule has 1 saturated heterocycles. The molecule has 1 aliphatic heterocycles. The van der Waals surface area contributed by atoms with E-state index in [9.17, 15) is 28.8 Å².